The molecule has 1 aliphatic heterocycles. The maximum Gasteiger partial charge on any atom is 0.490 e. The van der Waals surface area contributed by atoms with Gasteiger partial charge in [0, 0.05) is 37.8 Å². The van der Waals surface area contributed by atoms with Crippen molar-refractivity contribution in [2.45, 2.75) is 25.4 Å². The first-order valence-electron chi connectivity index (χ1n) is 10.3. The number of nitrogens with one attached hydrogen (secondary N) is 1. The van der Waals surface area contributed by atoms with Crippen molar-refractivity contribution in [3.63, 3.8) is 0 Å². The molecular formula is C20H22F6N4O7S. The molecule has 1 aliphatic rings. The molecule has 1 fully saturated rings. The summed E-state index contributed by atoms with van der Waals surface area (Å²) in [4.78, 5) is 38.6. The third-order valence-electron chi connectivity index (χ3n) is 4.56. The van der Waals surface area contributed by atoms with Gasteiger partial charge in [0.05, 0.1) is 17.2 Å². The SMILES string of the molecule is NCc1cc(=O)[nH]c(-c2ccc(CN3CCS(=O)(=O)CC3)cc2)n1.O=C(O)C(F)(F)F.O=C(O)C(F)(F)F. The number of halogens is 6. The van der Waals surface area contributed by atoms with E-state index in [2.05, 4.69) is 14.9 Å². The highest BCUT2D eigenvalue weighted by molar-refractivity contribution is 7.91. The number of aromatic nitrogens is 2. The number of nitrogens with zero attached hydrogens (tertiary/aromatic N) is 2. The van der Waals surface area contributed by atoms with Gasteiger partial charge in [0.2, 0.25) is 0 Å². The molecule has 0 radical (unpaired) electrons. The summed E-state index contributed by atoms with van der Waals surface area (Å²) in [6.45, 7) is 2.06. The van der Waals surface area contributed by atoms with Crippen LogP contribution >= 0.6 is 0 Å². The molecule has 0 aliphatic carbocycles. The molecule has 0 saturated carbocycles. The molecule has 1 aromatic heterocycles. The predicted octanol–water partition coefficient (Wildman–Crippen LogP) is 1.39. The molecule has 3 rings (SSSR count). The van der Waals surface area contributed by atoms with Crippen LogP contribution in [0, 0.1) is 0 Å². The molecule has 1 saturated heterocycles. The molecule has 5 N–H and O–H groups in total. The van der Waals surface area contributed by atoms with Gasteiger partial charge < -0.3 is 20.9 Å². The highest BCUT2D eigenvalue weighted by atomic mass is 32.2. The summed E-state index contributed by atoms with van der Waals surface area (Å²) >= 11 is 0. The smallest absolute Gasteiger partial charge is 0.475 e. The zero-order valence-electron chi connectivity index (χ0n) is 19.2. The predicted molar refractivity (Wildman–Crippen MR) is 119 cm³/mol. The van der Waals surface area contributed by atoms with E-state index < -0.39 is 34.1 Å². The average molecular weight is 576 g/mol. The summed E-state index contributed by atoms with van der Waals surface area (Å²) in [6.07, 6.45) is -10.2. The number of rotatable bonds is 4. The zero-order valence-corrected chi connectivity index (χ0v) is 20.0. The second-order valence-electron chi connectivity index (χ2n) is 7.52. The standard InChI is InChI=1S/C16H20N4O3S.2C2HF3O2/c17-10-14-9-15(21)19-16(18-14)13-3-1-12(2-4-13)11-20-5-7-24(22,23)8-6-20;2*3-2(4,5)1(6)7/h1-4,9H,5-8,10-11,17H2,(H,18,19,21);2*(H,6,7). The van der Waals surface area contributed by atoms with Gasteiger partial charge in [-0.25, -0.2) is 23.0 Å². The Morgan fingerprint density at radius 3 is 1.82 bits per heavy atom. The van der Waals surface area contributed by atoms with Crippen LogP contribution in [0.25, 0.3) is 11.4 Å². The maximum absolute atomic E-state index is 11.6. The van der Waals surface area contributed by atoms with Gasteiger partial charge in [-0.1, -0.05) is 24.3 Å². The Labute approximate surface area is 210 Å². The lowest BCUT2D eigenvalue weighted by molar-refractivity contribution is -0.193. The van der Waals surface area contributed by atoms with Crippen molar-refractivity contribution in [3.8, 4) is 11.4 Å². The van der Waals surface area contributed by atoms with Crippen molar-refractivity contribution in [2.75, 3.05) is 24.6 Å². The Hall–Kier alpha value is -3.51. The fourth-order valence-corrected chi connectivity index (χ4v) is 3.96. The van der Waals surface area contributed by atoms with Gasteiger partial charge >= 0.3 is 24.3 Å². The molecule has 38 heavy (non-hydrogen) atoms. The minimum Gasteiger partial charge on any atom is -0.475 e. The quantitative estimate of drug-likeness (QED) is 0.388. The summed E-state index contributed by atoms with van der Waals surface area (Å²) in [6, 6.07) is 9.12. The van der Waals surface area contributed by atoms with Gasteiger partial charge in [0.25, 0.3) is 5.56 Å². The van der Waals surface area contributed by atoms with Crippen LogP contribution in [0.2, 0.25) is 0 Å². The fraction of sp³-hybridized carbons (Fsp3) is 0.400. The molecule has 11 nitrogen and oxygen atoms in total. The summed E-state index contributed by atoms with van der Waals surface area (Å²) < 4.78 is 86.4. The average Bonchev–Trinajstić information content (AvgIpc) is 2.80. The topological polar surface area (TPSA) is 184 Å². The lowest BCUT2D eigenvalue weighted by atomic mass is 10.1. The molecule has 2 heterocycles. The molecule has 18 heteroatoms. The number of carbonyl (C=O) groups is 2. The number of benzene rings is 1. The zero-order chi connectivity index (χ0) is 29.3. The van der Waals surface area contributed by atoms with E-state index in [-0.39, 0.29) is 23.6 Å². The van der Waals surface area contributed by atoms with E-state index in [1.54, 1.807) is 0 Å². The first-order chi connectivity index (χ1) is 17.3. The first kappa shape index (κ1) is 32.5. The van der Waals surface area contributed by atoms with Crippen LogP contribution in [-0.4, -0.2) is 82.4 Å². The lowest BCUT2D eigenvalue weighted by Crippen LogP contribution is -2.39. The number of aliphatic carboxylic acids is 2. The van der Waals surface area contributed by atoms with Crippen molar-refractivity contribution in [1.82, 2.24) is 14.9 Å². The van der Waals surface area contributed by atoms with E-state index >= 15 is 0 Å². The van der Waals surface area contributed by atoms with Gasteiger partial charge in [-0.15, -0.1) is 0 Å². The summed E-state index contributed by atoms with van der Waals surface area (Å²) in [5.41, 5.74) is 7.78. The van der Waals surface area contributed by atoms with Crippen LogP contribution < -0.4 is 11.3 Å². The number of hydrogen-bond donors (Lipinski definition) is 4. The monoisotopic (exact) mass is 576 g/mol. The lowest BCUT2D eigenvalue weighted by Gasteiger charge is -2.26. The highest BCUT2D eigenvalue weighted by Crippen LogP contribution is 2.17. The third kappa shape index (κ3) is 11.7. The number of alkyl halides is 6. The normalized spacial score (nSPS) is 15.3. The van der Waals surface area contributed by atoms with Gasteiger partial charge in [0.1, 0.15) is 5.82 Å². The van der Waals surface area contributed by atoms with E-state index in [9.17, 15) is 39.6 Å². The molecule has 0 atom stereocenters. The van der Waals surface area contributed by atoms with Crippen molar-refractivity contribution in [2.24, 2.45) is 5.73 Å². The minimum absolute atomic E-state index is 0.215. The molecule has 0 amide bonds. The second-order valence-corrected chi connectivity index (χ2v) is 9.82. The van der Waals surface area contributed by atoms with Crippen LogP contribution in [0.1, 0.15) is 11.3 Å². The first-order valence-corrected chi connectivity index (χ1v) is 12.1. The molecule has 0 bridgehead atoms. The van der Waals surface area contributed by atoms with Crippen LogP contribution in [-0.2, 0) is 32.5 Å². The van der Waals surface area contributed by atoms with E-state index in [4.69, 9.17) is 25.5 Å². The Kier molecular flexibility index (Phi) is 11.4. The number of carboxylic acid groups (broad SMARTS) is 2. The Bertz CT molecular complexity index is 1220. The largest absolute Gasteiger partial charge is 0.490 e. The van der Waals surface area contributed by atoms with Gasteiger partial charge in [-0.2, -0.15) is 26.3 Å². The van der Waals surface area contributed by atoms with Crippen LogP contribution in [0.3, 0.4) is 0 Å². The Morgan fingerprint density at radius 1 is 0.974 bits per heavy atom. The number of H-pyrrole nitrogens is 1. The van der Waals surface area contributed by atoms with Crippen LogP contribution in [0.4, 0.5) is 26.3 Å². The van der Waals surface area contributed by atoms with Crippen LogP contribution in [0.15, 0.2) is 35.1 Å². The number of carboxylic acids is 2. The summed E-state index contributed by atoms with van der Waals surface area (Å²) in [5, 5.41) is 14.2. The number of aromatic amines is 1. The molecule has 2 aromatic rings. The van der Waals surface area contributed by atoms with E-state index in [0.29, 0.717) is 31.2 Å². The summed E-state index contributed by atoms with van der Waals surface area (Å²) in [5.74, 6) is -4.57. The minimum atomic E-state index is -5.08. The van der Waals surface area contributed by atoms with Gasteiger partial charge in [-0.05, 0) is 5.56 Å². The van der Waals surface area contributed by atoms with Crippen molar-refractivity contribution >= 4 is 21.8 Å². The van der Waals surface area contributed by atoms with Crippen molar-refractivity contribution < 1.29 is 54.6 Å². The third-order valence-corrected chi connectivity index (χ3v) is 6.17. The molecule has 0 spiro atoms. The molecular weight excluding hydrogens is 554 g/mol. The van der Waals surface area contributed by atoms with Crippen molar-refractivity contribution in [3.05, 3.63) is 51.9 Å². The van der Waals surface area contributed by atoms with E-state index in [1.807, 2.05) is 24.3 Å². The van der Waals surface area contributed by atoms with Crippen molar-refractivity contribution in [1.29, 1.82) is 0 Å². The van der Waals surface area contributed by atoms with Crippen LogP contribution in [0.5, 0.6) is 0 Å². The number of nitrogens with two attached hydrogens (primary N) is 1. The molecule has 1 aromatic carbocycles. The Morgan fingerprint density at radius 2 is 1.42 bits per heavy atom. The number of sulfone groups is 1. The van der Waals surface area contributed by atoms with E-state index in [1.165, 1.54) is 6.07 Å². The van der Waals surface area contributed by atoms with Gasteiger partial charge in [0.15, 0.2) is 9.84 Å². The summed E-state index contributed by atoms with van der Waals surface area (Å²) in [7, 11) is -2.86. The second kappa shape index (κ2) is 13.3. The Balaban J connectivity index is 0.000000426. The molecule has 0 unspecified atom stereocenters. The number of hydrogen-bond acceptors (Lipinski definition) is 8. The molecule has 212 valence electrons. The fourth-order valence-electron chi connectivity index (χ4n) is 2.68. The van der Waals surface area contributed by atoms with E-state index in [0.717, 1.165) is 11.1 Å². The maximum atomic E-state index is 11.6. The highest BCUT2D eigenvalue weighted by Gasteiger charge is 2.38. The van der Waals surface area contributed by atoms with Gasteiger partial charge in [-0.3, -0.25) is 9.69 Å².